The second-order valence-corrected chi connectivity index (χ2v) is 5.09. The first-order valence-electron chi connectivity index (χ1n) is 4.83. The Morgan fingerprint density at radius 2 is 2.06 bits per heavy atom. The summed E-state index contributed by atoms with van der Waals surface area (Å²) in [5.74, 6) is 0.853. The maximum atomic E-state index is 4.24. The van der Waals surface area contributed by atoms with E-state index in [1.807, 2.05) is 18.6 Å². The topological polar surface area (TPSA) is 41.9 Å². The normalized spacial score (nSPS) is 10.4. The van der Waals surface area contributed by atoms with E-state index in [1.54, 1.807) is 23.7 Å². The molecule has 2 rings (SSSR count). The molecule has 0 N–H and O–H groups in total. The number of hydrogen-bond acceptors (Lipinski definition) is 5. The van der Waals surface area contributed by atoms with Gasteiger partial charge in [0.05, 0.1) is 4.47 Å². The van der Waals surface area contributed by atoms with Crippen molar-refractivity contribution in [2.45, 2.75) is 6.42 Å². The molecule has 0 radical (unpaired) electrons. The standard InChI is InChI=1S/C10H11BrN4S/c1-15(10-12-3-5-16-10)4-2-9-13-6-8(11)7-14-9/h3,5-7H,2,4H2,1H3. The summed E-state index contributed by atoms with van der Waals surface area (Å²) in [6.45, 7) is 0.870. The zero-order valence-electron chi connectivity index (χ0n) is 8.80. The van der Waals surface area contributed by atoms with E-state index in [0.717, 1.165) is 28.4 Å². The molecule has 0 unspecified atom stereocenters. The smallest absolute Gasteiger partial charge is 0.184 e. The third-order valence-corrected chi connectivity index (χ3v) is 3.39. The minimum Gasteiger partial charge on any atom is -0.351 e. The molecule has 0 aliphatic carbocycles. The van der Waals surface area contributed by atoms with Gasteiger partial charge in [0.15, 0.2) is 5.13 Å². The van der Waals surface area contributed by atoms with E-state index >= 15 is 0 Å². The maximum Gasteiger partial charge on any atom is 0.184 e. The summed E-state index contributed by atoms with van der Waals surface area (Å²) < 4.78 is 0.907. The summed E-state index contributed by atoms with van der Waals surface area (Å²) in [6.07, 6.45) is 6.17. The summed E-state index contributed by atoms with van der Waals surface area (Å²) in [5.41, 5.74) is 0. The average molecular weight is 299 g/mol. The van der Waals surface area contributed by atoms with Crippen LogP contribution in [0.5, 0.6) is 0 Å². The van der Waals surface area contributed by atoms with Gasteiger partial charge in [0, 0.05) is 44.0 Å². The Kier molecular flexibility index (Phi) is 3.84. The van der Waals surface area contributed by atoms with Crippen molar-refractivity contribution < 1.29 is 0 Å². The van der Waals surface area contributed by atoms with E-state index in [1.165, 1.54) is 0 Å². The molecule has 0 fully saturated rings. The van der Waals surface area contributed by atoms with Crippen molar-refractivity contribution in [3.8, 4) is 0 Å². The van der Waals surface area contributed by atoms with Crippen LogP contribution in [0, 0.1) is 0 Å². The fraction of sp³-hybridized carbons (Fsp3) is 0.300. The van der Waals surface area contributed by atoms with E-state index in [-0.39, 0.29) is 0 Å². The van der Waals surface area contributed by atoms with Crippen molar-refractivity contribution >= 4 is 32.4 Å². The zero-order chi connectivity index (χ0) is 11.4. The molecule has 84 valence electrons. The van der Waals surface area contributed by atoms with Crippen LogP contribution >= 0.6 is 27.3 Å². The van der Waals surface area contributed by atoms with Gasteiger partial charge in [-0.2, -0.15) is 0 Å². The molecule has 0 atom stereocenters. The summed E-state index contributed by atoms with van der Waals surface area (Å²) in [6, 6.07) is 0. The maximum absolute atomic E-state index is 4.24. The Hall–Kier alpha value is -1.01. The second kappa shape index (κ2) is 5.36. The Balaban J connectivity index is 1.90. The average Bonchev–Trinajstić information content (AvgIpc) is 2.81. The first-order chi connectivity index (χ1) is 7.75. The van der Waals surface area contributed by atoms with Gasteiger partial charge in [0.2, 0.25) is 0 Å². The quantitative estimate of drug-likeness (QED) is 0.869. The summed E-state index contributed by atoms with van der Waals surface area (Å²) in [4.78, 5) is 14.8. The predicted octanol–water partition coefficient (Wildman–Crippen LogP) is 2.37. The number of nitrogens with zero attached hydrogens (tertiary/aromatic N) is 4. The molecule has 4 nitrogen and oxygen atoms in total. The van der Waals surface area contributed by atoms with Gasteiger partial charge in [-0.15, -0.1) is 11.3 Å². The monoisotopic (exact) mass is 298 g/mol. The SMILES string of the molecule is CN(CCc1ncc(Br)cn1)c1nccs1. The Morgan fingerprint density at radius 3 is 2.69 bits per heavy atom. The first-order valence-corrected chi connectivity index (χ1v) is 6.50. The van der Waals surface area contributed by atoms with Gasteiger partial charge in [-0.05, 0) is 15.9 Å². The molecule has 0 spiro atoms. The number of likely N-dealkylation sites (N-methyl/N-ethyl adjacent to an activating group) is 1. The van der Waals surface area contributed by atoms with E-state index in [9.17, 15) is 0 Å². The minimum atomic E-state index is 0.823. The molecule has 2 aromatic rings. The summed E-state index contributed by atoms with van der Waals surface area (Å²) in [7, 11) is 2.03. The van der Waals surface area contributed by atoms with Gasteiger partial charge < -0.3 is 4.90 Å². The molecular formula is C10H11BrN4S. The fourth-order valence-corrected chi connectivity index (χ4v) is 2.08. The molecule has 0 aliphatic rings. The second-order valence-electron chi connectivity index (χ2n) is 3.30. The van der Waals surface area contributed by atoms with Gasteiger partial charge in [-0.3, -0.25) is 0 Å². The number of hydrogen-bond donors (Lipinski definition) is 0. The molecule has 0 aromatic carbocycles. The molecule has 0 saturated carbocycles. The highest BCUT2D eigenvalue weighted by Crippen LogP contribution is 2.15. The Labute approximate surface area is 107 Å². The van der Waals surface area contributed by atoms with Crippen LogP contribution in [0.15, 0.2) is 28.4 Å². The van der Waals surface area contributed by atoms with Crippen LogP contribution in [0.2, 0.25) is 0 Å². The molecule has 0 bridgehead atoms. The van der Waals surface area contributed by atoms with E-state index in [0.29, 0.717) is 0 Å². The molecule has 2 aromatic heterocycles. The fourth-order valence-electron chi connectivity index (χ4n) is 1.24. The summed E-state index contributed by atoms with van der Waals surface area (Å²) >= 11 is 4.95. The first kappa shape index (κ1) is 11.5. The van der Waals surface area contributed by atoms with Crippen molar-refractivity contribution in [1.29, 1.82) is 0 Å². The Morgan fingerprint density at radius 1 is 1.31 bits per heavy atom. The molecular weight excluding hydrogens is 288 g/mol. The van der Waals surface area contributed by atoms with Crippen LogP contribution in [0.3, 0.4) is 0 Å². The van der Waals surface area contributed by atoms with Crippen LogP contribution in [-0.2, 0) is 6.42 Å². The van der Waals surface area contributed by atoms with Crippen LogP contribution in [0.4, 0.5) is 5.13 Å². The number of halogens is 1. The number of aromatic nitrogens is 3. The van der Waals surface area contributed by atoms with Crippen LogP contribution in [0.1, 0.15) is 5.82 Å². The van der Waals surface area contributed by atoms with E-state index < -0.39 is 0 Å². The Bertz CT molecular complexity index is 429. The van der Waals surface area contributed by atoms with Gasteiger partial charge in [-0.25, -0.2) is 15.0 Å². The van der Waals surface area contributed by atoms with Crippen LogP contribution in [-0.4, -0.2) is 28.5 Å². The number of anilines is 1. The van der Waals surface area contributed by atoms with Crippen molar-refractivity contribution in [1.82, 2.24) is 15.0 Å². The molecule has 0 aliphatic heterocycles. The third kappa shape index (κ3) is 2.99. The largest absolute Gasteiger partial charge is 0.351 e. The van der Waals surface area contributed by atoms with Crippen molar-refractivity contribution in [3.05, 3.63) is 34.3 Å². The molecule has 16 heavy (non-hydrogen) atoms. The number of thiazole rings is 1. The lowest BCUT2D eigenvalue weighted by atomic mass is 10.4. The minimum absolute atomic E-state index is 0.823. The van der Waals surface area contributed by atoms with Crippen molar-refractivity contribution in [3.63, 3.8) is 0 Å². The molecule has 0 amide bonds. The van der Waals surface area contributed by atoms with Gasteiger partial charge >= 0.3 is 0 Å². The molecule has 2 heterocycles. The summed E-state index contributed by atoms with van der Waals surface area (Å²) in [5, 5.41) is 3.00. The van der Waals surface area contributed by atoms with Gasteiger partial charge in [-0.1, -0.05) is 0 Å². The van der Waals surface area contributed by atoms with E-state index in [4.69, 9.17) is 0 Å². The van der Waals surface area contributed by atoms with E-state index in [2.05, 4.69) is 35.8 Å². The molecule has 6 heteroatoms. The highest BCUT2D eigenvalue weighted by atomic mass is 79.9. The highest BCUT2D eigenvalue weighted by molar-refractivity contribution is 9.10. The van der Waals surface area contributed by atoms with Crippen LogP contribution in [0.25, 0.3) is 0 Å². The third-order valence-electron chi connectivity index (χ3n) is 2.09. The van der Waals surface area contributed by atoms with Gasteiger partial charge in [0.1, 0.15) is 5.82 Å². The molecule has 0 saturated heterocycles. The zero-order valence-corrected chi connectivity index (χ0v) is 11.2. The lowest BCUT2D eigenvalue weighted by molar-refractivity contribution is 0.814. The van der Waals surface area contributed by atoms with Crippen molar-refractivity contribution in [2.24, 2.45) is 0 Å². The van der Waals surface area contributed by atoms with Gasteiger partial charge in [0.25, 0.3) is 0 Å². The predicted molar refractivity (Wildman–Crippen MR) is 68.8 cm³/mol. The lowest BCUT2D eigenvalue weighted by Crippen LogP contribution is -2.20. The lowest BCUT2D eigenvalue weighted by Gasteiger charge is -2.14. The number of rotatable bonds is 4. The van der Waals surface area contributed by atoms with Crippen molar-refractivity contribution in [2.75, 3.05) is 18.5 Å². The highest BCUT2D eigenvalue weighted by Gasteiger charge is 2.04. The van der Waals surface area contributed by atoms with Crippen LogP contribution < -0.4 is 4.90 Å².